The average molecular weight is 807 g/mol. The Balaban J connectivity index is 1.48. The van der Waals surface area contributed by atoms with E-state index >= 15 is 0 Å². The Morgan fingerprint density at radius 2 is 1.28 bits per heavy atom. The van der Waals surface area contributed by atoms with Gasteiger partial charge in [-0.05, 0) is 102 Å². The summed E-state index contributed by atoms with van der Waals surface area (Å²) in [6.07, 6.45) is 1.08. The van der Waals surface area contributed by atoms with Crippen LogP contribution in [0.3, 0.4) is 0 Å². The van der Waals surface area contributed by atoms with Crippen molar-refractivity contribution in [2.75, 3.05) is 18.5 Å². The third-order valence-corrected chi connectivity index (χ3v) is 11.5. The van der Waals surface area contributed by atoms with E-state index in [2.05, 4.69) is 115 Å². The van der Waals surface area contributed by atoms with Crippen LogP contribution in [0.2, 0.25) is 0 Å². The predicted octanol–water partition coefficient (Wildman–Crippen LogP) is 14.2. The topological polar surface area (TPSA) is 90.1 Å². The van der Waals surface area contributed by atoms with E-state index in [1.165, 1.54) is 22.3 Å². The van der Waals surface area contributed by atoms with Crippen LogP contribution in [0.4, 0.5) is 17.1 Å². The largest absolute Gasteiger partial charge is 0.465 e. The second-order valence-electron chi connectivity index (χ2n) is 17.7. The number of fused-ring (bicyclic) bond motifs is 2. The van der Waals surface area contributed by atoms with Crippen LogP contribution in [0.5, 0.6) is 0 Å². The van der Waals surface area contributed by atoms with Gasteiger partial charge in [0, 0.05) is 46.4 Å². The smallest absolute Gasteiger partial charge is 0.338 e. The van der Waals surface area contributed by atoms with Crippen LogP contribution in [-0.4, -0.2) is 25.2 Å². The lowest BCUT2D eigenvalue weighted by atomic mass is 9.90. The van der Waals surface area contributed by atoms with Crippen molar-refractivity contribution < 1.29 is 23.5 Å². The number of rotatable bonds is 15. The van der Waals surface area contributed by atoms with Crippen LogP contribution in [-0.2, 0) is 14.3 Å². The van der Waals surface area contributed by atoms with Gasteiger partial charge in [-0.2, -0.15) is 0 Å². The monoisotopic (exact) mass is 806 g/mol. The number of para-hydroxylation sites is 2. The number of benzene rings is 5. The van der Waals surface area contributed by atoms with Gasteiger partial charge in [0.25, 0.3) is 0 Å². The number of carbonyl (C=O) groups is 2. The molecule has 7 nitrogen and oxygen atoms in total. The van der Waals surface area contributed by atoms with Crippen LogP contribution in [0, 0.1) is 5.41 Å². The summed E-state index contributed by atoms with van der Waals surface area (Å²) in [6.45, 7) is 23.7. The summed E-state index contributed by atoms with van der Waals surface area (Å²) in [5, 5.41) is 5.42. The first-order valence-electron chi connectivity index (χ1n) is 21.6. The van der Waals surface area contributed by atoms with Gasteiger partial charge in [0.2, 0.25) is 0 Å². The minimum absolute atomic E-state index is 0.116. The van der Waals surface area contributed by atoms with Gasteiger partial charge in [-0.25, -0.2) is 9.79 Å². The minimum Gasteiger partial charge on any atom is -0.465 e. The lowest BCUT2D eigenvalue weighted by Crippen LogP contribution is -2.26. The van der Waals surface area contributed by atoms with Gasteiger partial charge in [-0.1, -0.05) is 117 Å². The second-order valence-corrected chi connectivity index (χ2v) is 17.7. The number of nitrogens with one attached hydrogen (secondary N) is 1. The molecule has 1 aliphatic carbocycles. The summed E-state index contributed by atoms with van der Waals surface area (Å²) in [7, 11) is 0. The molecule has 4 aromatic rings. The van der Waals surface area contributed by atoms with E-state index in [0.717, 1.165) is 44.5 Å². The molecule has 2 aliphatic rings. The zero-order valence-electron chi connectivity index (χ0n) is 37.4. The predicted molar refractivity (Wildman–Crippen MR) is 246 cm³/mol. The van der Waals surface area contributed by atoms with Gasteiger partial charge in [-0.3, -0.25) is 4.79 Å². The Labute approximate surface area is 356 Å². The summed E-state index contributed by atoms with van der Waals surface area (Å²) >= 11 is 0. The highest BCUT2D eigenvalue weighted by Gasteiger charge is 2.27. The second kappa shape index (κ2) is 18.7. The molecule has 0 saturated carbocycles. The number of ether oxygens (including phenoxy) is 2. The molecule has 0 fully saturated rings. The van der Waals surface area contributed by atoms with Crippen molar-refractivity contribution in [1.82, 2.24) is 0 Å². The Hall–Kier alpha value is -5.69. The molecule has 0 unspecified atom stereocenters. The number of hydrogen-bond acceptors (Lipinski definition) is 7. The number of hydrogen-bond donors (Lipinski definition) is 1. The third kappa shape index (κ3) is 9.51. The maximum absolute atomic E-state index is 13.9. The highest BCUT2D eigenvalue weighted by Crippen LogP contribution is 2.43. The molecular weight excluding hydrogens is 745 g/mol. The van der Waals surface area contributed by atoms with Gasteiger partial charge >= 0.3 is 11.9 Å². The molecule has 1 N–H and O–H groups in total. The zero-order chi connectivity index (χ0) is 43.3. The molecule has 4 aromatic carbocycles. The first-order valence-corrected chi connectivity index (χ1v) is 21.6. The Morgan fingerprint density at radius 1 is 0.683 bits per heavy atom. The molecule has 0 atom stereocenters. The Kier molecular flexibility index (Phi) is 13.7. The molecule has 0 aromatic heterocycles. The molecule has 0 amide bonds. The molecule has 1 heterocycles. The molecule has 314 valence electrons. The standard InChI is InChI=1S/C53H62N2O5/c1-12-53(10,11)52(57)59-29-17-28-58-51(56)43-19-14-13-18-42(43)48-44-26-24-36(54-49-38(32(2)3)20-15-21-39(49)33(4)5)30-46(44)60-47-31-37(25-27-45(47)48)55-50-40(34(6)7)22-16-23-41(50)35(8)9/h13-16,18-27,30-35,54H,12,17,28-29H2,1-11H3. The molecule has 0 saturated heterocycles. The number of anilines is 2. The van der Waals surface area contributed by atoms with Gasteiger partial charge in [-0.15, -0.1) is 0 Å². The van der Waals surface area contributed by atoms with Crippen LogP contribution >= 0.6 is 0 Å². The summed E-state index contributed by atoms with van der Waals surface area (Å²) in [6, 6.07) is 32.8. The van der Waals surface area contributed by atoms with Gasteiger partial charge in [0.05, 0.1) is 35.2 Å². The molecular formula is C53H62N2O5. The van der Waals surface area contributed by atoms with E-state index in [-0.39, 0.29) is 19.2 Å². The summed E-state index contributed by atoms with van der Waals surface area (Å²) in [4.78, 5) is 31.7. The van der Waals surface area contributed by atoms with Crippen molar-refractivity contribution in [2.45, 2.75) is 113 Å². The first-order chi connectivity index (χ1) is 28.6. The van der Waals surface area contributed by atoms with Crippen molar-refractivity contribution in [1.29, 1.82) is 0 Å². The van der Waals surface area contributed by atoms with E-state index in [0.29, 0.717) is 53.4 Å². The minimum atomic E-state index is -0.556. The molecule has 60 heavy (non-hydrogen) atoms. The first kappa shape index (κ1) is 43.9. The van der Waals surface area contributed by atoms with E-state index in [1.54, 1.807) is 6.07 Å². The molecule has 6 rings (SSSR count). The molecule has 0 bridgehead atoms. The molecule has 1 aliphatic heterocycles. The van der Waals surface area contributed by atoms with Gasteiger partial charge < -0.3 is 19.2 Å². The van der Waals surface area contributed by atoms with Crippen molar-refractivity contribution in [2.24, 2.45) is 10.4 Å². The lowest BCUT2D eigenvalue weighted by molar-refractivity contribution is -0.154. The zero-order valence-corrected chi connectivity index (χ0v) is 37.4. The fourth-order valence-electron chi connectivity index (χ4n) is 7.61. The summed E-state index contributed by atoms with van der Waals surface area (Å²) in [5.41, 5.74) is 10.9. The number of esters is 2. The molecule has 7 heteroatoms. The summed E-state index contributed by atoms with van der Waals surface area (Å²) < 4.78 is 18.2. The fourth-order valence-corrected chi connectivity index (χ4v) is 7.61. The maximum Gasteiger partial charge on any atom is 0.338 e. The van der Waals surface area contributed by atoms with Crippen molar-refractivity contribution >= 4 is 40.0 Å². The van der Waals surface area contributed by atoms with E-state index < -0.39 is 11.4 Å². The normalized spacial score (nSPS) is 12.3. The lowest BCUT2D eigenvalue weighted by Gasteiger charge is -2.22. The van der Waals surface area contributed by atoms with Crippen LogP contribution < -0.4 is 10.7 Å². The highest BCUT2D eigenvalue weighted by atomic mass is 16.5. The van der Waals surface area contributed by atoms with Crippen molar-refractivity contribution in [3.63, 3.8) is 0 Å². The van der Waals surface area contributed by atoms with E-state index in [1.807, 2.05) is 57.2 Å². The number of nitrogens with zero attached hydrogens (tertiary/aromatic N) is 1. The highest BCUT2D eigenvalue weighted by molar-refractivity contribution is 6.08. The van der Waals surface area contributed by atoms with E-state index in [9.17, 15) is 9.59 Å². The van der Waals surface area contributed by atoms with Crippen molar-refractivity contribution in [3.05, 3.63) is 130 Å². The van der Waals surface area contributed by atoms with Gasteiger partial charge in [0.1, 0.15) is 11.3 Å². The van der Waals surface area contributed by atoms with Crippen LogP contribution in [0.15, 0.2) is 106 Å². The third-order valence-electron chi connectivity index (χ3n) is 11.5. The Bertz CT molecular complexity index is 2470. The Morgan fingerprint density at radius 3 is 1.90 bits per heavy atom. The van der Waals surface area contributed by atoms with Gasteiger partial charge in [0.15, 0.2) is 0 Å². The molecule has 0 radical (unpaired) electrons. The molecule has 0 spiro atoms. The quantitative estimate of drug-likeness (QED) is 0.0631. The SMILES string of the molecule is CCC(C)(C)C(=O)OCCCOC(=O)c1ccccc1-c1c2ccc(=Nc3c(C(C)C)cccc3C(C)C)cc-2oc2cc(Nc3c(C(C)C)cccc3C(C)C)ccc12. The van der Waals surface area contributed by atoms with Crippen LogP contribution in [0.1, 0.15) is 145 Å². The van der Waals surface area contributed by atoms with Crippen molar-refractivity contribution in [3.8, 4) is 22.5 Å². The summed E-state index contributed by atoms with van der Waals surface area (Å²) in [5.74, 6) is 1.19. The number of carbonyl (C=O) groups excluding carboxylic acids is 2. The fraction of sp³-hybridized carbons (Fsp3) is 0.377. The average Bonchev–Trinajstić information content (AvgIpc) is 3.22. The van der Waals surface area contributed by atoms with Crippen LogP contribution in [0.25, 0.3) is 33.4 Å². The maximum atomic E-state index is 13.9. The van der Waals surface area contributed by atoms with E-state index in [4.69, 9.17) is 18.9 Å².